The van der Waals surface area contributed by atoms with E-state index in [0.717, 1.165) is 20.3 Å². The molecule has 0 radical (unpaired) electrons. The lowest BCUT2D eigenvalue weighted by molar-refractivity contribution is 0.411. The highest BCUT2D eigenvalue weighted by Gasteiger charge is 2.10. The Labute approximate surface area is 100 Å². The molecule has 0 aromatic heterocycles. The Kier molecular flexibility index (Phi) is 4.16. The Bertz CT molecular complexity index is 352. The summed E-state index contributed by atoms with van der Waals surface area (Å²) in [6.07, 6.45) is 1.69. The Morgan fingerprint density at radius 1 is 1.43 bits per heavy atom. The van der Waals surface area contributed by atoms with Gasteiger partial charge >= 0.3 is 0 Å². The Morgan fingerprint density at radius 2 is 2.07 bits per heavy atom. The van der Waals surface area contributed by atoms with Crippen molar-refractivity contribution in [2.75, 3.05) is 7.11 Å². The molecule has 2 N–H and O–H groups in total. The second-order valence-corrected chi connectivity index (χ2v) is 4.48. The van der Waals surface area contributed by atoms with Crippen LogP contribution in [0.4, 0.5) is 0 Å². The van der Waals surface area contributed by atoms with E-state index in [9.17, 15) is 0 Å². The zero-order valence-corrected chi connectivity index (χ0v) is 10.9. The van der Waals surface area contributed by atoms with Gasteiger partial charge in [0.2, 0.25) is 0 Å². The number of halogens is 2. The minimum Gasteiger partial charge on any atom is -0.496 e. The highest BCUT2D eigenvalue weighted by molar-refractivity contribution is 9.11. The van der Waals surface area contributed by atoms with Gasteiger partial charge in [-0.05, 0) is 33.6 Å². The number of benzene rings is 1. The summed E-state index contributed by atoms with van der Waals surface area (Å²) >= 11 is 6.83. The average molecular weight is 321 g/mol. The van der Waals surface area contributed by atoms with Gasteiger partial charge in [0.05, 0.1) is 11.6 Å². The van der Waals surface area contributed by atoms with Crippen LogP contribution < -0.4 is 10.5 Å². The maximum absolute atomic E-state index is 5.85. The minimum absolute atomic E-state index is 0.189. The second-order valence-electron chi connectivity index (χ2n) is 2.77. The third-order valence-electron chi connectivity index (χ3n) is 1.88. The molecule has 0 saturated carbocycles. The van der Waals surface area contributed by atoms with E-state index in [1.165, 1.54) is 0 Å². The lowest BCUT2D eigenvalue weighted by atomic mass is 10.1. The average Bonchev–Trinajstić information content (AvgIpc) is 2.17. The van der Waals surface area contributed by atoms with Crippen molar-refractivity contribution < 1.29 is 4.74 Å². The van der Waals surface area contributed by atoms with Crippen LogP contribution in [-0.2, 0) is 0 Å². The Hall–Kier alpha value is -0.320. The van der Waals surface area contributed by atoms with Crippen molar-refractivity contribution in [1.29, 1.82) is 0 Å². The van der Waals surface area contributed by atoms with Crippen LogP contribution >= 0.6 is 31.9 Å². The first kappa shape index (κ1) is 11.8. The molecule has 1 atom stereocenters. The molecule has 0 heterocycles. The summed E-state index contributed by atoms with van der Waals surface area (Å²) in [5, 5.41) is 0. The van der Waals surface area contributed by atoms with Crippen LogP contribution in [-0.4, -0.2) is 7.11 Å². The summed E-state index contributed by atoms with van der Waals surface area (Å²) in [7, 11) is 1.62. The molecule has 2 nitrogen and oxygen atoms in total. The number of hydrogen-bond acceptors (Lipinski definition) is 2. The fourth-order valence-electron chi connectivity index (χ4n) is 1.08. The first-order valence-corrected chi connectivity index (χ1v) is 5.59. The van der Waals surface area contributed by atoms with Gasteiger partial charge in [0, 0.05) is 10.5 Å². The molecule has 0 fully saturated rings. The summed E-state index contributed by atoms with van der Waals surface area (Å²) in [5.74, 6) is 0.764. The molecule has 0 bridgehead atoms. The number of hydrogen-bond donors (Lipinski definition) is 1. The molecule has 0 aliphatic carbocycles. The second kappa shape index (κ2) is 4.96. The summed E-state index contributed by atoms with van der Waals surface area (Å²) in [6, 6.07) is 3.62. The van der Waals surface area contributed by atoms with Gasteiger partial charge in [0.25, 0.3) is 0 Å². The molecule has 0 amide bonds. The van der Waals surface area contributed by atoms with Crippen LogP contribution in [0.25, 0.3) is 0 Å². The molecule has 1 rings (SSSR count). The number of ether oxygens (including phenoxy) is 1. The van der Waals surface area contributed by atoms with Crippen molar-refractivity contribution in [1.82, 2.24) is 0 Å². The predicted octanol–water partition coefficient (Wildman–Crippen LogP) is 3.41. The van der Waals surface area contributed by atoms with Gasteiger partial charge in [-0.2, -0.15) is 0 Å². The molecule has 4 heteroatoms. The largest absolute Gasteiger partial charge is 0.496 e. The highest BCUT2D eigenvalue weighted by atomic mass is 79.9. The molecule has 14 heavy (non-hydrogen) atoms. The fourth-order valence-corrected chi connectivity index (χ4v) is 2.50. The number of nitrogens with two attached hydrogens (primary N) is 1. The lowest BCUT2D eigenvalue weighted by Gasteiger charge is -2.12. The van der Waals surface area contributed by atoms with Crippen LogP contribution in [0.5, 0.6) is 5.75 Å². The van der Waals surface area contributed by atoms with Gasteiger partial charge in [-0.3, -0.25) is 0 Å². The van der Waals surface area contributed by atoms with Crippen LogP contribution in [0.15, 0.2) is 33.7 Å². The standard InChI is InChI=1S/C10H11Br2NO/c1-3-9(13)6-4-10(14-2)8(12)5-7(6)11/h3-5,9H,1,13H2,2H3. The van der Waals surface area contributed by atoms with Gasteiger partial charge in [-0.1, -0.05) is 22.0 Å². The van der Waals surface area contributed by atoms with E-state index in [2.05, 4.69) is 38.4 Å². The first-order valence-electron chi connectivity index (χ1n) is 4.01. The van der Waals surface area contributed by atoms with Crippen LogP contribution in [0.1, 0.15) is 11.6 Å². The summed E-state index contributed by atoms with van der Waals surface area (Å²) in [4.78, 5) is 0. The van der Waals surface area contributed by atoms with Gasteiger partial charge in [-0.15, -0.1) is 6.58 Å². The number of methoxy groups -OCH3 is 1. The van der Waals surface area contributed by atoms with Crippen molar-refractivity contribution in [2.45, 2.75) is 6.04 Å². The molecule has 0 saturated heterocycles. The third-order valence-corrected chi connectivity index (χ3v) is 3.19. The molecule has 1 unspecified atom stereocenters. The van der Waals surface area contributed by atoms with Crippen molar-refractivity contribution in [3.8, 4) is 5.75 Å². The molecule has 1 aromatic rings. The highest BCUT2D eigenvalue weighted by Crippen LogP contribution is 2.33. The maximum Gasteiger partial charge on any atom is 0.133 e. The SMILES string of the molecule is C=CC(N)c1cc(OC)c(Br)cc1Br. The minimum atomic E-state index is -0.189. The number of rotatable bonds is 3. The van der Waals surface area contributed by atoms with Gasteiger partial charge in [0.15, 0.2) is 0 Å². The van der Waals surface area contributed by atoms with Crippen LogP contribution in [0.2, 0.25) is 0 Å². The van der Waals surface area contributed by atoms with Crippen molar-refractivity contribution >= 4 is 31.9 Å². The Balaban J connectivity index is 3.23. The van der Waals surface area contributed by atoms with E-state index < -0.39 is 0 Å². The molecule has 0 aliphatic heterocycles. The van der Waals surface area contributed by atoms with Crippen LogP contribution in [0.3, 0.4) is 0 Å². The smallest absolute Gasteiger partial charge is 0.133 e. The van der Waals surface area contributed by atoms with Gasteiger partial charge < -0.3 is 10.5 Å². The van der Waals surface area contributed by atoms with E-state index in [4.69, 9.17) is 10.5 Å². The van der Waals surface area contributed by atoms with Crippen LogP contribution in [0, 0.1) is 0 Å². The van der Waals surface area contributed by atoms with Crippen molar-refractivity contribution in [3.63, 3.8) is 0 Å². The molecule has 0 aliphatic rings. The van der Waals surface area contributed by atoms with Gasteiger partial charge in [0.1, 0.15) is 5.75 Å². The molecule has 0 spiro atoms. The third kappa shape index (κ3) is 2.38. The summed E-state index contributed by atoms with van der Waals surface area (Å²) in [5.41, 5.74) is 6.81. The zero-order valence-electron chi connectivity index (χ0n) is 7.76. The molecular formula is C10H11Br2NO. The zero-order chi connectivity index (χ0) is 10.7. The molecular weight excluding hydrogens is 310 g/mol. The summed E-state index contributed by atoms with van der Waals surface area (Å²) < 4.78 is 7.02. The van der Waals surface area contributed by atoms with Crippen molar-refractivity contribution in [3.05, 3.63) is 39.3 Å². The van der Waals surface area contributed by atoms with E-state index in [1.807, 2.05) is 12.1 Å². The quantitative estimate of drug-likeness (QED) is 0.866. The van der Waals surface area contributed by atoms with Gasteiger partial charge in [-0.25, -0.2) is 0 Å². The van der Waals surface area contributed by atoms with E-state index in [-0.39, 0.29) is 6.04 Å². The molecule has 76 valence electrons. The van der Waals surface area contributed by atoms with E-state index in [0.29, 0.717) is 0 Å². The Morgan fingerprint density at radius 3 is 2.57 bits per heavy atom. The fraction of sp³-hybridized carbons (Fsp3) is 0.200. The van der Waals surface area contributed by atoms with E-state index in [1.54, 1.807) is 13.2 Å². The normalized spacial score (nSPS) is 12.3. The lowest BCUT2D eigenvalue weighted by Crippen LogP contribution is -2.07. The van der Waals surface area contributed by atoms with E-state index >= 15 is 0 Å². The summed E-state index contributed by atoms with van der Waals surface area (Å²) in [6.45, 7) is 3.66. The first-order chi connectivity index (χ1) is 6.60. The van der Waals surface area contributed by atoms with Crippen molar-refractivity contribution in [2.24, 2.45) is 5.73 Å². The predicted molar refractivity (Wildman–Crippen MR) is 65.5 cm³/mol. The monoisotopic (exact) mass is 319 g/mol. The maximum atomic E-state index is 5.85. The topological polar surface area (TPSA) is 35.2 Å². The molecule has 1 aromatic carbocycles.